The summed E-state index contributed by atoms with van der Waals surface area (Å²) in [4.78, 5) is 11.3. The van der Waals surface area contributed by atoms with Crippen molar-refractivity contribution in [2.45, 2.75) is 20.5 Å². The molecule has 2 aromatic rings. The molecule has 0 unspecified atom stereocenters. The molecule has 0 radical (unpaired) electrons. The average molecular weight is 278 g/mol. The summed E-state index contributed by atoms with van der Waals surface area (Å²) >= 11 is 0. The molecule has 0 spiro atoms. The molecule has 0 saturated carbocycles. The Labute approximate surface area is 115 Å². The van der Waals surface area contributed by atoms with Crippen molar-refractivity contribution in [3.05, 3.63) is 52.7 Å². The van der Waals surface area contributed by atoms with Crippen LogP contribution < -0.4 is 16.0 Å². The van der Waals surface area contributed by atoms with Crippen LogP contribution in [0.5, 0.6) is 5.75 Å². The van der Waals surface area contributed by atoms with Crippen LogP contribution in [0.2, 0.25) is 0 Å². The molecule has 106 valence electrons. The highest BCUT2D eigenvalue weighted by atomic mass is 19.1. The Bertz CT molecular complexity index is 637. The molecule has 2 rings (SSSR count). The molecule has 0 aliphatic carbocycles. The molecule has 0 bridgehead atoms. The van der Waals surface area contributed by atoms with Crippen LogP contribution in [0, 0.1) is 19.7 Å². The predicted octanol–water partition coefficient (Wildman–Crippen LogP) is 2.22. The Hall–Kier alpha value is -2.34. The van der Waals surface area contributed by atoms with E-state index in [0.29, 0.717) is 17.1 Å². The number of hydrogen-bond acceptors (Lipinski definition) is 4. The quantitative estimate of drug-likeness (QED) is 0.510. The van der Waals surface area contributed by atoms with E-state index in [1.807, 2.05) is 12.3 Å². The van der Waals surface area contributed by atoms with Gasteiger partial charge in [-0.15, -0.1) is 0 Å². The lowest BCUT2D eigenvalue weighted by Crippen LogP contribution is -2.29. The molecular formula is C14H15FN2O3. The van der Waals surface area contributed by atoms with Gasteiger partial charge in [0.2, 0.25) is 0 Å². The zero-order valence-electron chi connectivity index (χ0n) is 11.2. The minimum atomic E-state index is -0.513. The van der Waals surface area contributed by atoms with Crippen molar-refractivity contribution in [3.8, 4) is 5.75 Å². The second-order valence-electron chi connectivity index (χ2n) is 4.36. The Morgan fingerprint density at radius 1 is 1.40 bits per heavy atom. The number of benzene rings is 1. The van der Waals surface area contributed by atoms with Gasteiger partial charge in [0.25, 0.3) is 0 Å². The van der Waals surface area contributed by atoms with Crippen LogP contribution in [-0.2, 0) is 6.61 Å². The number of ether oxygens (including phenoxy) is 1. The standard InChI is InChI=1S/C14H15FN2O3/c1-8-3-4-11(15)6-12(8)19-7-10-5-13(14(18)17-16)20-9(10)2/h3-6H,7,16H2,1-2H3,(H,17,18). The Morgan fingerprint density at radius 2 is 2.15 bits per heavy atom. The summed E-state index contributed by atoms with van der Waals surface area (Å²) in [5, 5.41) is 0. The van der Waals surface area contributed by atoms with Gasteiger partial charge in [0, 0.05) is 11.6 Å². The summed E-state index contributed by atoms with van der Waals surface area (Å²) in [6, 6.07) is 5.87. The van der Waals surface area contributed by atoms with Crippen LogP contribution in [0.4, 0.5) is 4.39 Å². The molecule has 0 atom stereocenters. The topological polar surface area (TPSA) is 77.5 Å². The predicted molar refractivity (Wildman–Crippen MR) is 70.6 cm³/mol. The van der Waals surface area contributed by atoms with E-state index in [1.165, 1.54) is 12.1 Å². The van der Waals surface area contributed by atoms with Crippen molar-refractivity contribution in [3.63, 3.8) is 0 Å². The zero-order chi connectivity index (χ0) is 14.7. The van der Waals surface area contributed by atoms with E-state index in [9.17, 15) is 9.18 Å². The first-order valence-electron chi connectivity index (χ1n) is 6.00. The highest BCUT2D eigenvalue weighted by Crippen LogP contribution is 2.22. The zero-order valence-corrected chi connectivity index (χ0v) is 11.2. The van der Waals surface area contributed by atoms with Gasteiger partial charge in [0.05, 0.1) is 0 Å². The molecule has 1 amide bonds. The smallest absolute Gasteiger partial charge is 0.300 e. The largest absolute Gasteiger partial charge is 0.488 e. The lowest BCUT2D eigenvalue weighted by atomic mass is 10.2. The normalized spacial score (nSPS) is 10.4. The maximum absolute atomic E-state index is 13.1. The fraction of sp³-hybridized carbons (Fsp3) is 0.214. The first kappa shape index (κ1) is 14.1. The number of nitrogen functional groups attached to an aromatic ring is 1. The summed E-state index contributed by atoms with van der Waals surface area (Å²) in [6.07, 6.45) is 0. The molecule has 1 heterocycles. The lowest BCUT2D eigenvalue weighted by Gasteiger charge is -2.08. The van der Waals surface area contributed by atoms with Crippen molar-refractivity contribution >= 4 is 5.91 Å². The summed E-state index contributed by atoms with van der Waals surface area (Å²) in [5.41, 5.74) is 3.52. The highest BCUT2D eigenvalue weighted by Gasteiger charge is 2.14. The number of amides is 1. The van der Waals surface area contributed by atoms with Gasteiger partial charge in [-0.3, -0.25) is 10.2 Å². The molecule has 6 heteroatoms. The minimum Gasteiger partial charge on any atom is -0.488 e. The van der Waals surface area contributed by atoms with E-state index < -0.39 is 5.91 Å². The first-order chi connectivity index (χ1) is 9.51. The van der Waals surface area contributed by atoms with Crippen LogP contribution in [-0.4, -0.2) is 5.91 Å². The lowest BCUT2D eigenvalue weighted by molar-refractivity contribution is 0.0924. The fourth-order valence-electron chi connectivity index (χ4n) is 1.73. The molecule has 0 fully saturated rings. The molecule has 0 saturated heterocycles. The van der Waals surface area contributed by atoms with Crippen LogP contribution in [0.1, 0.15) is 27.4 Å². The molecule has 1 aromatic carbocycles. The molecule has 1 aromatic heterocycles. The summed E-state index contributed by atoms with van der Waals surface area (Å²) in [7, 11) is 0. The fourth-order valence-corrected chi connectivity index (χ4v) is 1.73. The van der Waals surface area contributed by atoms with Crippen LogP contribution in [0.25, 0.3) is 0 Å². The number of carbonyl (C=O) groups is 1. The Morgan fingerprint density at radius 3 is 2.85 bits per heavy atom. The molecule has 3 N–H and O–H groups in total. The number of hydrogen-bond donors (Lipinski definition) is 2. The van der Waals surface area contributed by atoms with Crippen molar-refractivity contribution in [2.75, 3.05) is 0 Å². The molecule has 5 nitrogen and oxygen atoms in total. The van der Waals surface area contributed by atoms with Gasteiger partial charge in [0.1, 0.15) is 23.9 Å². The number of furan rings is 1. The van der Waals surface area contributed by atoms with E-state index >= 15 is 0 Å². The minimum absolute atomic E-state index is 0.111. The monoisotopic (exact) mass is 278 g/mol. The SMILES string of the molecule is Cc1ccc(F)cc1OCc1cc(C(=O)NN)oc1C. The number of nitrogens with two attached hydrogens (primary N) is 1. The highest BCUT2D eigenvalue weighted by molar-refractivity contribution is 5.91. The third-order valence-corrected chi connectivity index (χ3v) is 2.91. The van der Waals surface area contributed by atoms with Crippen molar-refractivity contribution < 1.29 is 18.3 Å². The number of hydrazine groups is 1. The maximum atomic E-state index is 13.1. The first-order valence-corrected chi connectivity index (χ1v) is 6.00. The second kappa shape index (κ2) is 5.75. The van der Waals surface area contributed by atoms with E-state index in [4.69, 9.17) is 15.0 Å². The van der Waals surface area contributed by atoms with E-state index in [1.54, 1.807) is 19.1 Å². The Balaban J connectivity index is 2.13. The molecular weight excluding hydrogens is 263 g/mol. The van der Waals surface area contributed by atoms with Gasteiger partial charge in [-0.25, -0.2) is 10.2 Å². The summed E-state index contributed by atoms with van der Waals surface area (Å²) in [5.74, 6) is 5.27. The van der Waals surface area contributed by atoms with Gasteiger partial charge in [0.15, 0.2) is 5.76 Å². The van der Waals surface area contributed by atoms with Gasteiger partial charge in [-0.1, -0.05) is 6.07 Å². The van der Waals surface area contributed by atoms with E-state index in [-0.39, 0.29) is 18.2 Å². The van der Waals surface area contributed by atoms with Crippen LogP contribution >= 0.6 is 0 Å². The van der Waals surface area contributed by atoms with Crippen LogP contribution in [0.3, 0.4) is 0 Å². The summed E-state index contributed by atoms with van der Waals surface area (Å²) < 4.78 is 24.0. The summed E-state index contributed by atoms with van der Waals surface area (Å²) in [6.45, 7) is 3.71. The van der Waals surface area contributed by atoms with Crippen molar-refractivity contribution in [2.24, 2.45) is 5.84 Å². The van der Waals surface area contributed by atoms with Gasteiger partial charge < -0.3 is 9.15 Å². The van der Waals surface area contributed by atoms with Crippen LogP contribution in [0.15, 0.2) is 28.7 Å². The number of carbonyl (C=O) groups excluding carboxylic acids is 1. The number of rotatable bonds is 4. The van der Waals surface area contributed by atoms with Gasteiger partial charge >= 0.3 is 5.91 Å². The molecule has 0 aliphatic rings. The average Bonchev–Trinajstić information content (AvgIpc) is 2.80. The number of nitrogens with one attached hydrogen (secondary N) is 1. The molecule has 0 aliphatic heterocycles. The maximum Gasteiger partial charge on any atom is 0.300 e. The number of aryl methyl sites for hydroxylation is 2. The van der Waals surface area contributed by atoms with E-state index in [0.717, 1.165) is 5.56 Å². The van der Waals surface area contributed by atoms with Gasteiger partial charge in [-0.2, -0.15) is 0 Å². The Kier molecular flexibility index (Phi) is 4.05. The van der Waals surface area contributed by atoms with Crippen molar-refractivity contribution in [1.29, 1.82) is 0 Å². The molecule has 20 heavy (non-hydrogen) atoms. The van der Waals surface area contributed by atoms with E-state index in [2.05, 4.69) is 0 Å². The van der Waals surface area contributed by atoms with Crippen molar-refractivity contribution in [1.82, 2.24) is 5.43 Å². The third-order valence-electron chi connectivity index (χ3n) is 2.91. The second-order valence-corrected chi connectivity index (χ2v) is 4.36. The third kappa shape index (κ3) is 2.97. The van der Waals surface area contributed by atoms with Gasteiger partial charge in [-0.05, 0) is 31.5 Å². The number of halogens is 1.